The summed E-state index contributed by atoms with van der Waals surface area (Å²) in [4.78, 5) is 16.2. The van der Waals surface area contributed by atoms with Gasteiger partial charge in [0.15, 0.2) is 0 Å². The number of para-hydroxylation sites is 1. The Hall–Kier alpha value is -1.75. The van der Waals surface area contributed by atoms with Crippen molar-refractivity contribution >= 4 is 34.5 Å². The van der Waals surface area contributed by atoms with Crippen LogP contribution >= 0.6 is 11.6 Å². The first kappa shape index (κ1) is 11.3. The molecular formula is C12H13ClN4O. The molecule has 94 valence electrons. The van der Waals surface area contributed by atoms with Gasteiger partial charge in [-0.1, -0.05) is 17.7 Å². The average Bonchev–Trinajstić information content (AvgIpc) is 2.68. The zero-order chi connectivity index (χ0) is 12.7. The van der Waals surface area contributed by atoms with E-state index in [1.165, 1.54) is 0 Å². The Bertz CT molecular complexity index is 622. The first-order valence-electron chi connectivity index (χ1n) is 5.88. The summed E-state index contributed by atoms with van der Waals surface area (Å²) in [7, 11) is 0. The second-order valence-electron chi connectivity index (χ2n) is 4.40. The van der Waals surface area contributed by atoms with Crippen LogP contribution < -0.4 is 11.1 Å². The van der Waals surface area contributed by atoms with E-state index in [0.29, 0.717) is 11.0 Å². The van der Waals surface area contributed by atoms with Crippen molar-refractivity contribution in [2.75, 3.05) is 12.3 Å². The molecule has 0 bridgehead atoms. The Kier molecular flexibility index (Phi) is 2.63. The number of rotatable bonds is 1. The fourth-order valence-electron chi connectivity index (χ4n) is 2.44. The second kappa shape index (κ2) is 4.17. The highest BCUT2D eigenvalue weighted by Crippen LogP contribution is 2.31. The molecule has 1 saturated heterocycles. The third-order valence-corrected chi connectivity index (χ3v) is 3.56. The van der Waals surface area contributed by atoms with Crippen molar-refractivity contribution in [1.29, 1.82) is 0 Å². The van der Waals surface area contributed by atoms with Gasteiger partial charge in [-0.3, -0.25) is 9.36 Å². The van der Waals surface area contributed by atoms with Gasteiger partial charge in [0.1, 0.15) is 6.04 Å². The Morgan fingerprint density at radius 2 is 2.33 bits per heavy atom. The summed E-state index contributed by atoms with van der Waals surface area (Å²) in [6, 6.07) is 5.13. The lowest BCUT2D eigenvalue weighted by Gasteiger charge is -2.24. The van der Waals surface area contributed by atoms with E-state index in [0.717, 1.165) is 30.4 Å². The van der Waals surface area contributed by atoms with Crippen molar-refractivity contribution in [2.45, 2.75) is 18.9 Å². The van der Waals surface area contributed by atoms with E-state index in [-0.39, 0.29) is 11.9 Å². The molecule has 3 rings (SSSR count). The molecule has 0 radical (unpaired) electrons. The molecule has 3 N–H and O–H groups in total. The predicted octanol–water partition coefficient (Wildman–Crippen LogP) is 1.72. The zero-order valence-corrected chi connectivity index (χ0v) is 10.4. The van der Waals surface area contributed by atoms with Crippen LogP contribution in [0.4, 0.5) is 5.95 Å². The molecule has 2 aromatic rings. The van der Waals surface area contributed by atoms with E-state index in [4.69, 9.17) is 17.3 Å². The summed E-state index contributed by atoms with van der Waals surface area (Å²) in [5, 5.41) is 3.41. The molecule has 18 heavy (non-hydrogen) atoms. The predicted molar refractivity (Wildman–Crippen MR) is 70.4 cm³/mol. The van der Waals surface area contributed by atoms with Crippen LogP contribution in [0.15, 0.2) is 18.2 Å². The molecular weight excluding hydrogens is 252 g/mol. The van der Waals surface area contributed by atoms with Crippen LogP contribution in [0, 0.1) is 0 Å². The van der Waals surface area contributed by atoms with Gasteiger partial charge in [-0.25, -0.2) is 4.98 Å². The second-order valence-corrected chi connectivity index (χ2v) is 4.80. The largest absolute Gasteiger partial charge is 0.369 e. The van der Waals surface area contributed by atoms with Crippen molar-refractivity contribution in [3.63, 3.8) is 0 Å². The highest BCUT2D eigenvalue weighted by molar-refractivity contribution is 6.35. The van der Waals surface area contributed by atoms with Crippen LogP contribution in [0.5, 0.6) is 0 Å². The molecule has 1 aromatic carbocycles. The van der Waals surface area contributed by atoms with Gasteiger partial charge in [0, 0.05) is 6.54 Å². The van der Waals surface area contributed by atoms with Crippen molar-refractivity contribution in [3.8, 4) is 0 Å². The molecule has 1 aliphatic rings. The number of carbonyl (C=O) groups is 1. The average molecular weight is 265 g/mol. The quantitative estimate of drug-likeness (QED) is 0.824. The summed E-state index contributed by atoms with van der Waals surface area (Å²) in [5.41, 5.74) is 7.38. The Morgan fingerprint density at radius 3 is 3.11 bits per heavy atom. The van der Waals surface area contributed by atoms with E-state index in [2.05, 4.69) is 10.3 Å². The SMILES string of the molecule is Nc1nc2cccc(Cl)c2n1C1CCCNC1=O. The van der Waals surface area contributed by atoms with Gasteiger partial charge in [-0.2, -0.15) is 0 Å². The standard InChI is InChI=1S/C12H13ClN4O/c13-7-3-1-4-8-10(7)17(12(14)16-8)9-5-2-6-15-11(9)18/h1,3-4,9H,2,5-6H2,(H2,14,16)(H,15,18). The molecule has 6 heteroatoms. The van der Waals surface area contributed by atoms with Gasteiger partial charge in [-0.15, -0.1) is 0 Å². The van der Waals surface area contributed by atoms with Gasteiger partial charge >= 0.3 is 0 Å². The van der Waals surface area contributed by atoms with Crippen LogP contribution in [0.25, 0.3) is 11.0 Å². The smallest absolute Gasteiger partial charge is 0.243 e. The molecule has 1 fully saturated rings. The number of nitrogen functional groups attached to an aromatic ring is 1. The molecule has 0 aliphatic carbocycles. The van der Waals surface area contributed by atoms with Crippen molar-refractivity contribution in [3.05, 3.63) is 23.2 Å². The van der Waals surface area contributed by atoms with Crippen molar-refractivity contribution < 1.29 is 4.79 Å². The Morgan fingerprint density at radius 1 is 1.50 bits per heavy atom. The number of fused-ring (bicyclic) bond motifs is 1. The number of benzene rings is 1. The highest BCUT2D eigenvalue weighted by Gasteiger charge is 2.27. The lowest BCUT2D eigenvalue weighted by Crippen LogP contribution is -2.38. The number of hydrogen-bond donors (Lipinski definition) is 2. The number of hydrogen-bond acceptors (Lipinski definition) is 3. The Balaban J connectivity index is 2.21. The fourth-order valence-corrected chi connectivity index (χ4v) is 2.70. The van der Waals surface area contributed by atoms with Gasteiger partial charge in [0.05, 0.1) is 16.1 Å². The number of nitrogens with zero attached hydrogens (tertiary/aromatic N) is 2. The molecule has 1 aliphatic heterocycles. The van der Waals surface area contributed by atoms with Gasteiger partial charge in [-0.05, 0) is 25.0 Å². The number of halogens is 1. The Labute approximate surface area is 109 Å². The maximum Gasteiger partial charge on any atom is 0.243 e. The van der Waals surface area contributed by atoms with Crippen LogP contribution in [0.1, 0.15) is 18.9 Å². The summed E-state index contributed by atoms with van der Waals surface area (Å²) < 4.78 is 1.74. The van der Waals surface area contributed by atoms with E-state index in [9.17, 15) is 4.79 Å². The molecule has 0 saturated carbocycles. The van der Waals surface area contributed by atoms with Gasteiger partial charge < -0.3 is 11.1 Å². The van der Waals surface area contributed by atoms with Crippen LogP contribution in [0.3, 0.4) is 0 Å². The minimum atomic E-state index is -0.316. The molecule has 1 unspecified atom stereocenters. The molecule has 2 heterocycles. The van der Waals surface area contributed by atoms with Gasteiger partial charge in [0.25, 0.3) is 0 Å². The number of amides is 1. The topological polar surface area (TPSA) is 72.9 Å². The van der Waals surface area contributed by atoms with E-state index >= 15 is 0 Å². The summed E-state index contributed by atoms with van der Waals surface area (Å²) in [5.74, 6) is 0.312. The number of carbonyl (C=O) groups excluding carboxylic acids is 1. The molecule has 1 atom stereocenters. The lowest BCUT2D eigenvalue weighted by atomic mass is 10.1. The monoisotopic (exact) mass is 264 g/mol. The molecule has 1 amide bonds. The van der Waals surface area contributed by atoms with Gasteiger partial charge in [0.2, 0.25) is 11.9 Å². The molecule has 1 aromatic heterocycles. The van der Waals surface area contributed by atoms with Crippen LogP contribution in [-0.2, 0) is 4.79 Å². The summed E-state index contributed by atoms with van der Waals surface area (Å²) in [6.45, 7) is 0.718. The van der Waals surface area contributed by atoms with E-state index < -0.39 is 0 Å². The summed E-state index contributed by atoms with van der Waals surface area (Å²) >= 11 is 6.19. The van der Waals surface area contributed by atoms with E-state index in [1.807, 2.05) is 12.1 Å². The minimum Gasteiger partial charge on any atom is -0.369 e. The normalized spacial score (nSPS) is 20.1. The van der Waals surface area contributed by atoms with Crippen molar-refractivity contribution in [2.24, 2.45) is 0 Å². The number of piperidine rings is 1. The molecule has 0 spiro atoms. The molecule has 5 nitrogen and oxygen atoms in total. The van der Waals surface area contributed by atoms with Crippen LogP contribution in [-0.4, -0.2) is 22.0 Å². The van der Waals surface area contributed by atoms with E-state index in [1.54, 1.807) is 10.6 Å². The fraction of sp³-hybridized carbons (Fsp3) is 0.333. The van der Waals surface area contributed by atoms with Crippen molar-refractivity contribution in [1.82, 2.24) is 14.9 Å². The number of nitrogens with two attached hydrogens (primary N) is 1. The first-order valence-corrected chi connectivity index (χ1v) is 6.26. The lowest BCUT2D eigenvalue weighted by molar-refractivity contribution is -0.125. The maximum atomic E-state index is 11.9. The maximum absolute atomic E-state index is 11.9. The third kappa shape index (κ3) is 1.62. The number of nitrogens with one attached hydrogen (secondary N) is 1. The zero-order valence-electron chi connectivity index (χ0n) is 9.69. The number of anilines is 1. The summed E-state index contributed by atoms with van der Waals surface area (Å²) in [6.07, 6.45) is 1.69. The highest BCUT2D eigenvalue weighted by atomic mass is 35.5. The number of aromatic nitrogens is 2. The first-order chi connectivity index (χ1) is 8.68. The minimum absolute atomic E-state index is 0.0211. The number of imidazole rings is 1. The third-order valence-electron chi connectivity index (χ3n) is 3.26. The van der Waals surface area contributed by atoms with Crippen LogP contribution in [0.2, 0.25) is 5.02 Å².